The number of aromatic amines is 1. The number of carbonyl (C=O) groups excluding carboxylic acids is 2. The van der Waals surface area contributed by atoms with E-state index in [-0.39, 0.29) is 28.8 Å². The van der Waals surface area contributed by atoms with Gasteiger partial charge in [-0.3, -0.25) is 9.59 Å². The number of aromatic nitrogens is 2. The molecule has 1 N–H and O–H groups in total. The minimum absolute atomic E-state index is 0.0527. The maximum Gasteiger partial charge on any atom is 0.214 e. The van der Waals surface area contributed by atoms with Crippen LogP contribution < -0.4 is 4.74 Å². The number of ether oxygens (including phenoxy) is 1. The summed E-state index contributed by atoms with van der Waals surface area (Å²) in [6.45, 7) is 0. The minimum atomic E-state index is -0.500. The van der Waals surface area contributed by atoms with Gasteiger partial charge in [0.15, 0.2) is 0 Å². The largest absolute Gasteiger partial charge is 0.497 e. The fraction of sp³-hybridized carbons (Fsp3) is 0.0556. The molecule has 1 aliphatic carbocycles. The Kier molecular flexibility index (Phi) is 3.06. The Labute approximate surface area is 136 Å². The van der Waals surface area contributed by atoms with Gasteiger partial charge in [-0.2, -0.15) is 0 Å². The summed E-state index contributed by atoms with van der Waals surface area (Å²) in [6, 6.07) is 10.7. The quantitative estimate of drug-likeness (QED) is 0.616. The molecule has 1 heterocycles. The number of H-pyrrole nitrogens is 1. The summed E-state index contributed by atoms with van der Waals surface area (Å²) in [7, 11) is 1.43. The van der Waals surface area contributed by atoms with Gasteiger partial charge in [-0.1, -0.05) is 24.3 Å². The van der Waals surface area contributed by atoms with Crippen molar-refractivity contribution in [2.45, 2.75) is 0 Å². The molecule has 24 heavy (non-hydrogen) atoms. The molecule has 0 amide bonds. The Bertz CT molecular complexity index is 955. The van der Waals surface area contributed by atoms with Gasteiger partial charge in [0.25, 0.3) is 0 Å². The standard InChI is InChI=1S/C18H11FN2O3/c1-24-11-7-9(6-10(19)8-11)18-20-14-15(21-18)17(23)13-5-3-2-4-12(13)16(14)22/h2-8H,1H3,(H,20,21). The molecule has 1 aliphatic rings. The molecule has 5 nitrogen and oxygen atoms in total. The number of fused-ring (bicyclic) bond motifs is 2. The van der Waals surface area contributed by atoms with Crippen LogP contribution in [0.5, 0.6) is 5.75 Å². The van der Waals surface area contributed by atoms with Crippen molar-refractivity contribution in [1.29, 1.82) is 0 Å². The van der Waals surface area contributed by atoms with E-state index in [0.29, 0.717) is 22.4 Å². The molecule has 0 bridgehead atoms. The van der Waals surface area contributed by atoms with Crippen molar-refractivity contribution < 1.29 is 18.7 Å². The minimum Gasteiger partial charge on any atom is -0.497 e. The molecule has 118 valence electrons. The van der Waals surface area contributed by atoms with Crippen LogP contribution in [-0.4, -0.2) is 28.6 Å². The van der Waals surface area contributed by atoms with E-state index in [0.717, 1.165) is 0 Å². The summed E-state index contributed by atoms with van der Waals surface area (Å²) in [5, 5.41) is 0. The van der Waals surface area contributed by atoms with Crippen LogP contribution in [0, 0.1) is 5.82 Å². The first kappa shape index (κ1) is 14.3. The lowest BCUT2D eigenvalue weighted by atomic mass is 9.90. The highest BCUT2D eigenvalue weighted by Crippen LogP contribution is 2.30. The van der Waals surface area contributed by atoms with E-state index in [1.807, 2.05) is 0 Å². The van der Waals surface area contributed by atoms with E-state index in [2.05, 4.69) is 9.97 Å². The first-order valence-corrected chi connectivity index (χ1v) is 7.22. The van der Waals surface area contributed by atoms with E-state index in [9.17, 15) is 14.0 Å². The van der Waals surface area contributed by atoms with Crippen LogP contribution in [0.1, 0.15) is 32.1 Å². The predicted molar refractivity (Wildman–Crippen MR) is 83.8 cm³/mol. The molecule has 6 heteroatoms. The molecule has 0 fully saturated rings. The Morgan fingerprint density at radius 2 is 1.75 bits per heavy atom. The average Bonchev–Trinajstić information content (AvgIpc) is 3.05. The van der Waals surface area contributed by atoms with Crippen molar-refractivity contribution in [2.75, 3.05) is 7.11 Å². The van der Waals surface area contributed by atoms with Crippen LogP contribution in [0.15, 0.2) is 42.5 Å². The lowest BCUT2D eigenvalue weighted by Gasteiger charge is -2.11. The number of hydrogen-bond donors (Lipinski definition) is 1. The van der Waals surface area contributed by atoms with Gasteiger partial charge in [0.2, 0.25) is 11.6 Å². The number of halogens is 1. The molecule has 3 aromatic rings. The summed E-state index contributed by atoms with van der Waals surface area (Å²) in [6.07, 6.45) is 0. The Hall–Kier alpha value is -3.28. The lowest BCUT2D eigenvalue weighted by Crippen LogP contribution is -2.20. The van der Waals surface area contributed by atoms with Crippen LogP contribution in [0.25, 0.3) is 11.4 Å². The zero-order valence-electron chi connectivity index (χ0n) is 12.6. The maximum absolute atomic E-state index is 13.7. The van der Waals surface area contributed by atoms with E-state index in [1.165, 1.54) is 19.2 Å². The van der Waals surface area contributed by atoms with Gasteiger partial charge in [-0.15, -0.1) is 0 Å². The predicted octanol–water partition coefficient (Wildman–Crippen LogP) is 3.00. The van der Waals surface area contributed by atoms with Crippen molar-refractivity contribution in [3.05, 3.63) is 70.8 Å². The third-order valence-corrected chi connectivity index (χ3v) is 3.94. The Morgan fingerprint density at radius 3 is 2.46 bits per heavy atom. The maximum atomic E-state index is 13.7. The zero-order valence-corrected chi connectivity index (χ0v) is 12.6. The van der Waals surface area contributed by atoms with E-state index in [4.69, 9.17) is 4.74 Å². The highest BCUT2D eigenvalue weighted by Gasteiger charge is 2.33. The number of methoxy groups -OCH3 is 1. The molecule has 4 rings (SSSR count). The molecule has 0 radical (unpaired) electrons. The highest BCUT2D eigenvalue weighted by molar-refractivity contribution is 6.27. The normalized spacial score (nSPS) is 12.8. The fourth-order valence-electron chi connectivity index (χ4n) is 2.80. The van der Waals surface area contributed by atoms with E-state index >= 15 is 0 Å². The van der Waals surface area contributed by atoms with Crippen LogP contribution >= 0.6 is 0 Å². The SMILES string of the molecule is COc1cc(F)cc(-c2nc3c([nH]2)C(=O)c2ccccc2C3=O)c1. The fourth-order valence-corrected chi connectivity index (χ4v) is 2.80. The Morgan fingerprint density at radius 1 is 1.04 bits per heavy atom. The summed E-state index contributed by atoms with van der Waals surface area (Å²) < 4.78 is 18.7. The molecule has 0 aliphatic heterocycles. The third-order valence-electron chi connectivity index (χ3n) is 3.94. The van der Waals surface area contributed by atoms with Crippen molar-refractivity contribution in [2.24, 2.45) is 0 Å². The number of imidazole rings is 1. The molecule has 0 unspecified atom stereocenters. The van der Waals surface area contributed by atoms with Crippen molar-refractivity contribution in [3.63, 3.8) is 0 Å². The molecule has 0 spiro atoms. The first-order chi connectivity index (χ1) is 11.6. The topological polar surface area (TPSA) is 72.0 Å². The van der Waals surface area contributed by atoms with E-state index < -0.39 is 5.82 Å². The monoisotopic (exact) mass is 322 g/mol. The lowest BCUT2D eigenvalue weighted by molar-refractivity contribution is 0.0974. The second kappa shape index (κ2) is 5.13. The summed E-state index contributed by atoms with van der Waals surface area (Å²) >= 11 is 0. The number of nitrogens with zero attached hydrogens (tertiary/aromatic N) is 1. The van der Waals surface area contributed by atoms with E-state index in [1.54, 1.807) is 30.3 Å². The van der Waals surface area contributed by atoms with Gasteiger partial charge in [-0.25, -0.2) is 9.37 Å². The molecule has 0 atom stereocenters. The van der Waals surface area contributed by atoms with Crippen molar-refractivity contribution in [3.8, 4) is 17.1 Å². The van der Waals surface area contributed by atoms with Gasteiger partial charge >= 0.3 is 0 Å². The van der Waals surface area contributed by atoms with Crippen LogP contribution in [0.4, 0.5) is 4.39 Å². The number of ketones is 2. The second-order valence-corrected chi connectivity index (χ2v) is 5.39. The van der Waals surface area contributed by atoms with Crippen LogP contribution in [-0.2, 0) is 0 Å². The molecular weight excluding hydrogens is 311 g/mol. The van der Waals surface area contributed by atoms with Gasteiger partial charge in [-0.05, 0) is 12.1 Å². The number of benzene rings is 2. The van der Waals surface area contributed by atoms with Gasteiger partial charge in [0.1, 0.15) is 28.8 Å². The summed E-state index contributed by atoms with van der Waals surface area (Å²) in [4.78, 5) is 32.2. The average molecular weight is 322 g/mol. The summed E-state index contributed by atoms with van der Waals surface area (Å²) in [5.41, 5.74) is 1.23. The first-order valence-electron chi connectivity index (χ1n) is 7.22. The highest BCUT2D eigenvalue weighted by atomic mass is 19.1. The van der Waals surface area contributed by atoms with Gasteiger partial charge in [0, 0.05) is 22.8 Å². The van der Waals surface area contributed by atoms with Gasteiger partial charge < -0.3 is 9.72 Å². The molecular formula is C18H11FN2O3. The van der Waals surface area contributed by atoms with Crippen LogP contribution in [0.2, 0.25) is 0 Å². The van der Waals surface area contributed by atoms with Crippen LogP contribution in [0.3, 0.4) is 0 Å². The van der Waals surface area contributed by atoms with Crippen molar-refractivity contribution >= 4 is 11.6 Å². The smallest absolute Gasteiger partial charge is 0.214 e. The molecule has 2 aromatic carbocycles. The molecule has 1 aromatic heterocycles. The van der Waals surface area contributed by atoms with Gasteiger partial charge in [0.05, 0.1) is 7.11 Å². The second-order valence-electron chi connectivity index (χ2n) is 5.39. The number of hydrogen-bond acceptors (Lipinski definition) is 4. The number of nitrogens with one attached hydrogen (secondary N) is 1. The van der Waals surface area contributed by atoms with Crippen molar-refractivity contribution in [1.82, 2.24) is 9.97 Å². The number of rotatable bonds is 2. The number of carbonyl (C=O) groups is 2. The molecule has 0 saturated heterocycles. The zero-order chi connectivity index (χ0) is 16.8. The molecule has 0 saturated carbocycles. The Balaban J connectivity index is 1.88. The third kappa shape index (κ3) is 2.04. The summed E-state index contributed by atoms with van der Waals surface area (Å²) in [5.74, 6) is -0.569.